The second-order valence-electron chi connectivity index (χ2n) is 3.73. The molecule has 1 aliphatic rings. The van der Waals surface area contributed by atoms with Gasteiger partial charge >= 0.3 is 0 Å². The molecule has 0 radical (unpaired) electrons. The maximum Gasteiger partial charge on any atom is 0.258 e. The van der Waals surface area contributed by atoms with Gasteiger partial charge in [-0.05, 0) is 18.2 Å². The van der Waals surface area contributed by atoms with Crippen molar-refractivity contribution in [1.29, 1.82) is 0 Å². The largest absolute Gasteiger partial charge is 0.506 e. The van der Waals surface area contributed by atoms with Gasteiger partial charge in [0.05, 0.1) is 11.4 Å². The molecule has 1 aliphatic heterocycles. The van der Waals surface area contributed by atoms with Crippen LogP contribution < -0.4 is 10.2 Å². The summed E-state index contributed by atoms with van der Waals surface area (Å²) in [6.45, 7) is 1.29. The van der Waals surface area contributed by atoms with Crippen molar-refractivity contribution in [3.8, 4) is 5.75 Å². The molecule has 3 amide bonds. The van der Waals surface area contributed by atoms with E-state index >= 15 is 0 Å². The van der Waals surface area contributed by atoms with Crippen LogP contribution in [0.3, 0.4) is 0 Å². The van der Waals surface area contributed by atoms with Gasteiger partial charge in [0.2, 0.25) is 5.91 Å². The summed E-state index contributed by atoms with van der Waals surface area (Å²) in [7, 11) is 0. The Balaban J connectivity index is 2.38. The van der Waals surface area contributed by atoms with Gasteiger partial charge in [0.1, 0.15) is 5.75 Å². The zero-order valence-corrected chi connectivity index (χ0v) is 9.51. The van der Waals surface area contributed by atoms with E-state index in [1.54, 1.807) is 0 Å². The van der Waals surface area contributed by atoms with Gasteiger partial charge in [-0.15, -0.1) is 0 Å². The number of carbonyl (C=O) groups excluding carboxylic acids is 3. The van der Waals surface area contributed by atoms with E-state index in [1.165, 1.54) is 25.1 Å². The number of nitrogens with zero attached hydrogens (tertiary/aromatic N) is 1. The quantitative estimate of drug-likeness (QED) is 0.596. The van der Waals surface area contributed by atoms with Gasteiger partial charge < -0.3 is 10.4 Å². The molecule has 6 heteroatoms. The highest BCUT2D eigenvalue weighted by molar-refractivity contribution is 6.28. The molecular weight excluding hydrogens is 236 g/mol. The summed E-state index contributed by atoms with van der Waals surface area (Å²) in [5.41, 5.74) is 0.434. The first-order valence-corrected chi connectivity index (χ1v) is 5.16. The number of carbonyl (C=O) groups is 3. The fourth-order valence-corrected chi connectivity index (χ4v) is 1.61. The number of hydrogen-bond acceptors (Lipinski definition) is 4. The predicted molar refractivity (Wildman–Crippen MR) is 64.0 cm³/mol. The summed E-state index contributed by atoms with van der Waals surface area (Å²) < 4.78 is 0. The third-order valence-corrected chi connectivity index (χ3v) is 2.36. The summed E-state index contributed by atoms with van der Waals surface area (Å²) in [5.74, 6) is -1.42. The molecule has 1 heterocycles. The highest BCUT2D eigenvalue weighted by Crippen LogP contribution is 2.30. The van der Waals surface area contributed by atoms with Gasteiger partial charge in [-0.2, -0.15) is 0 Å². The number of nitrogens with one attached hydrogen (secondary N) is 1. The van der Waals surface area contributed by atoms with E-state index in [-0.39, 0.29) is 23.0 Å². The topological polar surface area (TPSA) is 86.7 Å². The molecule has 0 fully saturated rings. The van der Waals surface area contributed by atoms with E-state index in [0.29, 0.717) is 0 Å². The van der Waals surface area contributed by atoms with Gasteiger partial charge in [-0.3, -0.25) is 14.4 Å². The Morgan fingerprint density at radius 3 is 2.39 bits per heavy atom. The summed E-state index contributed by atoms with van der Waals surface area (Å²) in [4.78, 5) is 34.8. The number of phenols is 1. The number of aromatic hydroxyl groups is 1. The van der Waals surface area contributed by atoms with Gasteiger partial charge in [-0.25, -0.2) is 4.90 Å². The zero-order valence-electron chi connectivity index (χ0n) is 9.51. The van der Waals surface area contributed by atoms with Crippen molar-refractivity contribution in [2.75, 3.05) is 10.2 Å². The minimum atomic E-state index is -0.459. The Bertz CT molecular complexity index is 559. The molecule has 2 rings (SSSR count). The Kier molecular flexibility index (Phi) is 2.85. The fourth-order valence-electron chi connectivity index (χ4n) is 1.61. The lowest BCUT2D eigenvalue weighted by Crippen LogP contribution is -2.29. The minimum Gasteiger partial charge on any atom is -0.506 e. The van der Waals surface area contributed by atoms with E-state index < -0.39 is 11.8 Å². The molecular formula is C12H10N2O4. The molecule has 0 unspecified atom stereocenters. The number of phenolic OH excluding ortho intramolecular Hbond substituents is 1. The van der Waals surface area contributed by atoms with Crippen molar-refractivity contribution in [3.63, 3.8) is 0 Å². The van der Waals surface area contributed by atoms with Crippen LogP contribution in [0.1, 0.15) is 6.92 Å². The van der Waals surface area contributed by atoms with Gasteiger partial charge in [0, 0.05) is 19.1 Å². The van der Waals surface area contributed by atoms with Crippen LogP contribution in [0, 0.1) is 0 Å². The maximum absolute atomic E-state index is 11.5. The molecule has 1 aromatic carbocycles. The molecule has 0 spiro atoms. The molecule has 0 atom stereocenters. The smallest absolute Gasteiger partial charge is 0.258 e. The van der Waals surface area contributed by atoms with E-state index in [4.69, 9.17) is 0 Å². The van der Waals surface area contributed by atoms with E-state index in [1.807, 2.05) is 0 Å². The van der Waals surface area contributed by atoms with Crippen molar-refractivity contribution in [2.45, 2.75) is 6.92 Å². The Morgan fingerprint density at radius 1 is 1.22 bits per heavy atom. The first kappa shape index (κ1) is 11.8. The molecule has 18 heavy (non-hydrogen) atoms. The number of amides is 3. The second kappa shape index (κ2) is 4.33. The Morgan fingerprint density at radius 2 is 1.83 bits per heavy atom. The number of imide groups is 1. The van der Waals surface area contributed by atoms with Crippen LogP contribution in [0.15, 0.2) is 30.4 Å². The van der Waals surface area contributed by atoms with Crippen molar-refractivity contribution in [2.24, 2.45) is 0 Å². The van der Waals surface area contributed by atoms with E-state index in [0.717, 1.165) is 17.1 Å². The van der Waals surface area contributed by atoms with Crippen LogP contribution in [0.5, 0.6) is 5.75 Å². The lowest BCUT2D eigenvalue weighted by molar-refractivity contribution is -0.120. The average molecular weight is 246 g/mol. The lowest BCUT2D eigenvalue weighted by atomic mass is 10.2. The second-order valence-corrected chi connectivity index (χ2v) is 3.73. The number of benzene rings is 1. The summed E-state index contributed by atoms with van der Waals surface area (Å²) in [6.07, 6.45) is 2.32. The third kappa shape index (κ3) is 2.08. The van der Waals surface area contributed by atoms with Crippen LogP contribution in [0.25, 0.3) is 0 Å². The van der Waals surface area contributed by atoms with Gasteiger partial charge in [0.15, 0.2) is 0 Å². The zero-order chi connectivity index (χ0) is 13.3. The minimum absolute atomic E-state index is 0.138. The molecule has 0 aromatic heterocycles. The van der Waals surface area contributed by atoms with E-state index in [9.17, 15) is 19.5 Å². The number of rotatable bonds is 2. The number of anilines is 2. The number of hydrogen-bond donors (Lipinski definition) is 2. The standard InChI is InChI=1S/C12H10N2O4/c1-7(15)13-9-6-8(2-3-10(9)16)14-11(17)4-5-12(14)18/h2-6,16H,1H3,(H,13,15). The summed E-state index contributed by atoms with van der Waals surface area (Å²) in [6, 6.07) is 4.09. The van der Waals surface area contributed by atoms with Crippen molar-refractivity contribution >= 4 is 29.1 Å². The van der Waals surface area contributed by atoms with Crippen LogP contribution >= 0.6 is 0 Å². The van der Waals surface area contributed by atoms with Crippen LogP contribution in [-0.4, -0.2) is 22.8 Å². The van der Waals surface area contributed by atoms with Gasteiger partial charge in [-0.1, -0.05) is 0 Å². The van der Waals surface area contributed by atoms with Gasteiger partial charge in [0.25, 0.3) is 11.8 Å². The summed E-state index contributed by atoms with van der Waals surface area (Å²) in [5, 5.41) is 11.9. The lowest BCUT2D eigenvalue weighted by Gasteiger charge is -2.15. The fraction of sp³-hybridized carbons (Fsp3) is 0.0833. The van der Waals surface area contributed by atoms with Crippen molar-refractivity contribution in [1.82, 2.24) is 0 Å². The Hall–Kier alpha value is -2.63. The molecule has 6 nitrogen and oxygen atoms in total. The average Bonchev–Trinajstić information content (AvgIpc) is 2.62. The molecule has 1 aromatic rings. The molecule has 2 N–H and O–H groups in total. The maximum atomic E-state index is 11.5. The molecule has 0 bridgehead atoms. The highest BCUT2D eigenvalue weighted by atomic mass is 16.3. The Labute approximate surface area is 103 Å². The molecule has 0 saturated heterocycles. The molecule has 0 saturated carbocycles. The normalized spacial score (nSPS) is 14.2. The molecule has 92 valence electrons. The van der Waals surface area contributed by atoms with Crippen molar-refractivity contribution < 1.29 is 19.5 Å². The SMILES string of the molecule is CC(=O)Nc1cc(N2C(=O)C=CC2=O)ccc1O. The molecule has 0 aliphatic carbocycles. The van der Waals surface area contributed by atoms with E-state index in [2.05, 4.69) is 5.32 Å². The first-order valence-electron chi connectivity index (χ1n) is 5.16. The van der Waals surface area contributed by atoms with Crippen molar-refractivity contribution in [3.05, 3.63) is 30.4 Å². The monoisotopic (exact) mass is 246 g/mol. The van der Waals surface area contributed by atoms with Crippen LogP contribution in [0.2, 0.25) is 0 Å². The third-order valence-electron chi connectivity index (χ3n) is 2.36. The van der Waals surface area contributed by atoms with Crippen LogP contribution in [-0.2, 0) is 14.4 Å². The highest BCUT2D eigenvalue weighted by Gasteiger charge is 2.25. The first-order chi connectivity index (χ1) is 8.49. The predicted octanol–water partition coefficient (Wildman–Crippen LogP) is 0.780. The van der Waals surface area contributed by atoms with Crippen LogP contribution in [0.4, 0.5) is 11.4 Å². The summed E-state index contributed by atoms with van der Waals surface area (Å²) >= 11 is 0.